The molecule has 0 N–H and O–H groups in total. The molecule has 110 valence electrons. The number of carbonyl (C=O) groups excluding carboxylic acids is 1. The normalized spacial score (nSPS) is 22.0. The van der Waals surface area contributed by atoms with Crippen molar-refractivity contribution in [2.75, 3.05) is 33.2 Å². The van der Waals surface area contributed by atoms with Crippen LogP contribution in [0.1, 0.15) is 5.56 Å². The van der Waals surface area contributed by atoms with Gasteiger partial charge in [0, 0.05) is 26.2 Å². The van der Waals surface area contributed by atoms with Crippen LogP contribution in [0, 0.1) is 5.82 Å². The molecule has 1 aromatic rings. The molecule has 0 bridgehead atoms. The van der Waals surface area contributed by atoms with Gasteiger partial charge in [-0.3, -0.25) is 4.79 Å². The van der Waals surface area contributed by atoms with Crippen LogP contribution in [-0.2, 0) is 4.79 Å². The van der Waals surface area contributed by atoms with Crippen molar-refractivity contribution in [3.05, 3.63) is 40.6 Å². The van der Waals surface area contributed by atoms with Crippen LogP contribution < -0.4 is 0 Å². The Morgan fingerprint density at radius 1 is 1.29 bits per heavy atom. The van der Waals surface area contributed by atoms with Gasteiger partial charge in [0.25, 0.3) is 5.91 Å². The first kappa shape index (κ1) is 14.3. The second-order valence-electron chi connectivity index (χ2n) is 5.16. The highest BCUT2D eigenvalue weighted by Crippen LogP contribution is 2.30. The third kappa shape index (κ3) is 3.33. The van der Waals surface area contributed by atoms with Crippen LogP contribution in [0.2, 0.25) is 0 Å². The number of likely N-dealkylation sites (N-methyl/N-ethyl adjacent to an activating group) is 1. The highest BCUT2D eigenvalue weighted by atomic mass is 32.2. The summed E-state index contributed by atoms with van der Waals surface area (Å²) < 4.78 is 13.2. The third-order valence-electron chi connectivity index (χ3n) is 3.53. The van der Waals surface area contributed by atoms with E-state index in [2.05, 4.69) is 21.8 Å². The van der Waals surface area contributed by atoms with Crippen LogP contribution in [0.25, 0.3) is 6.08 Å². The average molecular weight is 305 g/mol. The quantitative estimate of drug-likeness (QED) is 0.744. The van der Waals surface area contributed by atoms with E-state index in [0.717, 1.165) is 31.3 Å². The van der Waals surface area contributed by atoms with Crippen molar-refractivity contribution in [1.82, 2.24) is 9.80 Å². The third-order valence-corrected chi connectivity index (χ3v) is 4.57. The lowest BCUT2D eigenvalue weighted by Crippen LogP contribution is -2.46. The molecule has 1 aromatic carbocycles. The summed E-state index contributed by atoms with van der Waals surface area (Å²) in [6, 6.07) is 6.21. The van der Waals surface area contributed by atoms with E-state index in [9.17, 15) is 9.18 Å². The number of amides is 1. The molecule has 6 heteroatoms. The van der Waals surface area contributed by atoms with E-state index in [1.165, 1.54) is 23.9 Å². The van der Waals surface area contributed by atoms with Gasteiger partial charge >= 0.3 is 0 Å². The molecule has 21 heavy (non-hydrogen) atoms. The molecule has 0 spiro atoms. The van der Waals surface area contributed by atoms with Crippen molar-refractivity contribution >= 4 is 28.9 Å². The molecule has 1 saturated heterocycles. The van der Waals surface area contributed by atoms with Crippen LogP contribution in [0.4, 0.5) is 4.39 Å². The number of aliphatic imine (C=N–C) groups is 1. The van der Waals surface area contributed by atoms with Crippen LogP contribution >= 0.6 is 11.8 Å². The molecule has 2 aliphatic rings. The van der Waals surface area contributed by atoms with Gasteiger partial charge in [-0.05, 0) is 42.6 Å². The molecule has 2 heterocycles. The zero-order chi connectivity index (χ0) is 14.8. The van der Waals surface area contributed by atoms with Gasteiger partial charge < -0.3 is 9.80 Å². The summed E-state index contributed by atoms with van der Waals surface area (Å²) in [5.41, 5.74) is 0.681. The van der Waals surface area contributed by atoms with Gasteiger partial charge in [0.2, 0.25) is 0 Å². The highest BCUT2D eigenvalue weighted by molar-refractivity contribution is 8.18. The van der Waals surface area contributed by atoms with Gasteiger partial charge in [0.05, 0.1) is 4.91 Å². The average Bonchev–Trinajstić information content (AvgIpc) is 2.81. The maximum Gasteiger partial charge on any atom is 0.286 e. The monoisotopic (exact) mass is 305 g/mol. The Labute approximate surface area is 127 Å². The minimum atomic E-state index is -0.306. The molecule has 3 rings (SSSR count). The SMILES string of the molecule is CN1CCN(C2=NC(=O)/C(=C/c3cccc(F)c3)S2)CC1. The van der Waals surface area contributed by atoms with Gasteiger partial charge in [-0.1, -0.05) is 12.1 Å². The summed E-state index contributed by atoms with van der Waals surface area (Å²) in [5, 5.41) is 0.760. The number of thioether (sulfide) groups is 1. The lowest BCUT2D eigenvalue weighted by atomic mass is 10.2. The molecule has 0 unspecified atom stereocenters. The minimum Gasteiger partial charge on any atom is -0.348 e. The number of hydrogen-bond donors (Lipinski definition) is 0. The Hall–Kier alpha value is -1.66. The molecular weight excluding hydrogens is 289 g/mol. The fourth-order valence-electron chi connectivity index (χ4n) is 2.28. The number of carbonyl (C=O) groups is 1. The predicted molar refractivity (Wildman–Crippen MR) is 83.5 cm³/mol. The maximum atomic E-state index is 13.2. The van der Waals surface area contributed by atoms with Crippen LogP contribution in [0.3, 0.4) is 0 Å². The summed E-state index contributed by atoms with van der Waals surface area (Å²) in [6.45, 7) is 3.69. The van der Waals surface area contributed by atoms with Gasteiger partial charge in [-0.15, -0.1) is 0 Å². The molecular formula is C15H16FN3OS. The Kier molecular flexibility index (Phi) is 4.07. The first-order valence-electron chi connectivity index (χ1n) is 6.83. The zero-order valence-electron chi connectivity index (χ0n) is 11.8. The topological polar surface area (TPSA) is 35.9 Å². The Bertz CT molecular complexity index is 621. The van der Waals surface area contributed by atoms with E-state index in [0.29, 0.717) is 10.5 Å². The van der Waals surface area contributed by atoms with Crippen LogP contribution in [0.5, 0.6) is 0 Å². The van der Waals surface area contributed by atoms with E-state index in [-0.39, 0.29) is 11.7 Å². The number of benzene rings is 1. The van der Waals surface area contributed by atoms with Crippen molar-refractivity contribution in [3.8, 4) is 0 Å². The van der Waals surface area contributed by atoms with E-state index in [4.69, 9.17) is 0 Å². The van der Waals surface area contributed by atoms with Crippen molar-refractivity contribution in [3.63, 3.8) is 0 Å². The molecule has 4 nitrogen and oxygen atoms in total. The lowest BCUT2D eigenvalue weighted by molar-refractivity contribution is -0.113. The zero-order valence-corrected chi connectivity index (χ0v) is 12.6. The maximum absolute atomic E-state index is 13.2. The first-order valence-corrected chi connectivity index (χ1v) is 7.65. The van der Waals surface area contributed by atoms with E-state index >= 15 is 0 Å². The second-order valence-corrected chi connectivity index (χ2v) is 6.16. The molecule has 0 saturated carbocycles. The van der Waals surface area contributed by atoms with Gasteiger partial charge in [0.15, 0.2) is 5.17 Å². The number of amidine groups is 1. The number of piperazine rings is 1. The molecule has 1 fully saturated rings. The molecule has 0 atom stereocenters. The largest absolute Gasteiger partial charge is 0.348 e. The highest BCUT2D eigenvalue weighted by Gasteiger charge is 2.27. The smallest absolute Gasteiger partial charge is 0.286 e. The number of rotatable bonds is 1. The van der Waals surface area contributed by atoms with E-state index < -0.39 is 0 Å². The molecule has 0 aliphatic carbocycles. The van der Waals surface area contributed by atoms with Gasteiger partial charge in [-0.25, -0.2) is 4.39 Å². The van der Waals surface area contributed by atoms with Crippen LogP contribution in [0.15, 0.2) is 34.2 Å². The number of nitrogens with zero attached hydrogens (tertiary/aromatic N) is 3. The summed E-state index contributed by atoms with van der Waals surface area (Å²) >= 11 is 1.37. The number of halogens is 1. The van der Waals surface area contributed by atoms with Crippen molar-refractivity contribution in [2.45, 2.75) is 0 Å². The van der Waals surface area contributed by atoms with Crippen molar-refractivity contribution in [2.24, 2.45) is 4.99 Å². The standard InChI is InChI=1S/C15H16FN3OS/c1-18-5-7-19(8-6-18)15-17-14(20)13(21-15)10-11-3-2-4-12(16)9-11/h2-4,9-10H,5-8H2,1H3/b13-10-. The summed E-state index contributed by atoms with van der Waals surface area (Å²) in [7, 11) is 2.08. The molecule has 0 radical (unpaired) electrons. The Balaban J connectivity index is 1.73. The van der Waals surface area contributed by atoms with Gasteiger partial charge in [-0.2, -0.15) is 4.99 Å². The summed E-state index contributed by atoms with van der Waals surface area (Å²) in [4.78, 5) is 21.0. The fraction of sp³-hybridized carbons (Fsp3) is 0.333. The molecule has 1 amide bonds. The van der Waals surface area contributed by atoms with E-state index in [1.807, 2.05) is 0 Å². The summed E-state index contributed by atoms with van der Waals surface area (Å²) in [5.74, 6) is -0.543. The van der Waals surface area contributed by atoms with Crippen LogP contribution in [-0.4, -0.2) is 54.1 Å². The fourth-order valence-corrected chi connectivity index (χ4v) is 3.24. The summed E-state index contributed by atoms with van der Waals surface area (Å²) in [6.07, 6.45) is 1.70. The minimum absolute atomic E-state index is 0.238. The molecule has 0 aromatic heterocycles. The lowest BCUT2D eigenvalue weighted by Gasteiger charge is -2.32. The van der Waals surface area contributed by atoms with Crippen molar-refractivity contribution in [1.29, 1.82) is 0 Å². The van der Waals surface area contributed by atoms with Crippen molar-refractivity contribution < 1.29 is 9.18 Å². The second kappa shape index (κ2) is 5.99. The molecule has 2 aliphatic heterocycles. The van der Waals surface area contributed by atoms with E-state index in [1.54, 1.807) is 18.2 Å². The van der Waals surface area contributed by atoms with Gasteiger partial charge in [0.1, 0.15) is 5.82 Å². The predicted octanol–water partition coefficient (Wildman–Crippen LogP) is 2.04. The Morgan fingerprint density at radius 2 is 2.05 bits per heavy atom. The number of hydrogen-bond acceptors (Lipinski definition) is 4. The Morgan fingerprint density at radius 3 is 2.76 bits per heavy atom. The first-order chi connectivity index (χ1) is 10.1.